The maximum Gasteiger partial charge on any atom is 0.338 e. The summed E-state index contributed by atoms with van der Waals surface area (Å²) < 4.78 is 26.3. The normalized spacial score (nSPS) is 14.5. The van der Waals surface area contributed by atoms with Crippen LogP contribution in [-0.2, 0) is 9.53 Å². The van der Waals surface area contributed by atoms with Crippen molar-refractivity contribution in [3.8, 4) is 17.2 Å². The number of ether oxygens (including phenoxy) is 4. The molecule has 0 saturated heterocycles. The molecule has 1 aliphatic rings. The summed E-state index contributed by atoms with van der Waals surface area (Å²) in [5.74, 6) is 1.21. The number of thiazole rings is 1. The van der Waals surface area contributed by atoms with Crippen LogP contribution in [0.2, 0.25) is 0 Å². The molecule has 0 aliphatic carbocycles. The summed E-state index contributed by atoms with van der Waals surface area (Å²) in [6.45, 7) is 6.03. The SMILES string of the molecule is C=CCOc1c(I)cc(/C=c2\sc3n(c2=O)C(c2ccc(OC)c(OC)c2)C(C(=O)OCC)=C(c2ccccc2)N=3)cc1I. The number of esters is 1. The summed E-state index contributed by atoms with van der Waals surface area (Å²) in [7, 11) is 3.10. The topological polar surface area (TPSA) is 88.3 Å². The Bertz CT molecular complexity index is 1930. The highest BCUT2D eigenvalue weighted by molar-refractivity contribution is 14.1. The summed E-state index contributed by atoms with van der Waals surface area (Å²) in [4.78, 5) is 33.3. The summed E-state index contributed by atoms with van der Waals surface area (Å²) in [6.07, 6.45) is 3.54. The molecule has 1 aromatic heterocycles. The molecule has 0 spiro atoms. The number of benzene rings is 3. The average Bonchev–Trinajstić information content (AvgIpc) is 3.34. The molecule has 44 heavy (non-hydrogen) atoms. The van der Waals surface area contributed by atoms with Crippen LogP contribution < -0.4 is 29.1 Å². The van der Waals surface area contributed by atoms with E-state index >= 15 is 0 Å². The van der Waals surface area contributed by atoms with E-state index in [0.717, 1.165) is 24.0 Å². The number of carbonyl (C=O) groups is 1. The lowest BCUT2D eigenvalue weighted by molar-refractivity contribution is -0.138. The van der Waals surface area contributed by atoms with E-state index in [1.807, 2.05) is 54.6 Å². The average molecular weight is 834 g/mol. The van der Waals surface area contributed by atoms with Gasteiger partial charge in [0.1, 0.15) is 12.4 Å². The van der Waals surface area contributed by atoms with Gasteiger partial charge in [0.25, 0.3) is 5.56 Å². The molecule has 226 valence electrons. The summed E-state index contributed by atoms with van der Waals surface area (Å²) in [5, 5.41) is 0. The van der Waals surface area contributed by atoms with Crippen LogP contribution >= 0.6 is 56.5 Å². The molecule has 0 saturated carbocycles. The van der Waals surface area contributed by atoms with Gasteiger partial charge in [0, 0.05) is 5.56 Å². The molecule has 0 fully saturated rings. The molecule has 0 N–H and O–H groups in total. The van der Waals surface area contributed by atoms with Gasteiger partial charge in [0.05, 0.1) is 49.8 Å². The second kappa shape index (κ2) is 14.1. The largest absolute Gasteiger partial charge is 0.493 e. The summed E-state index contributed by atoms with van der Waals surface area (Å²) in [5.41, 5.74) is 2.65. The molecule has 1 aliphatic heterocycles. The van der Waals surface area contributed by atoms with Gasteiger partial charge >= 0.3 is 5.97 Å². The van der Waals surface area contributed by atoms with Gasteiger partial charge in [-0.2, -0.15) is 0 Å². The zero-order chi connectivity index (χ0) is 31.4. The van der Waals surface area contributed by atoms with Crippen LogP contribution in [0.15, 0.2) is 88.7 Å². The Morgan fingerprint density at radius 2 is 1.75 bits per heavy atom. The standard InChI is InChI=1S/C33H28I2N2O6S/c1-5-14-43-30-22(34)15-19(16-23(30)35)17-26-31(38)37-29(21-12-13-24(40-3)25(18-21)41-4)27(32(39)42-6-2)28(36-33(37)44-26)20-10-8-7-9-11-20/h5,7-13,15-18,29H,1,6,14H2,2-4H3/b26-17-. The van der Waals surface area contributed by atoms with E-state index in [4.69, 9.17) is 23.9 Å². The number of aromatic nitrogens is 1. The zero-order valence-corrected chi connectivity index (χ0v) is 29.3. The second-order valence-corrected chi connectivity index (χ2v) is 12.8. The lowest BCUT2D eigenvalue weighted by Crippen LogP contribution is -2.40. The van der Waals surface area contributed by atoms with E-state index in [-0.39, 0.29) is 17.7 Å². The zero-order valence-electron chi connectivity index (χ0n) is 24.1. The van der Waals surface area contributed by atoms with Gasteiger partial charge in [-0.3, -0.25) is 9.36 Å². The molecule has 1 atom stereocenters. The van der Waals surface area contributed by atoms with Gasteiger partial charge in [-0.15, -0.1) is 0 Å². The van der Waals surface area contributed by atoms with E-state index in [1.165, 1.54) is 11.3 Å². The first-order valence-corrected chi connectivity index (χ1v) is 16.5. The number of hydrogen-bond donors (Lipinski definition) is 0. The number of fused-ring (bicyclic) bond motifs is 1. The van der Waals surface area contributed by atoms with Crippen molar-refractivity contribution >= 4 is 74.3 Å². The van der Waals surface area contributed by atoms with Crippen LogP contribution in [-0.4, -0.2) is 38.0 Å². The van der Waals surface area contributed by atoms with Gasteiger partial charge in [-0.25, -0.2) is 9.79 Å². The van der Waals surface area contributed by atoms with Crippen molar-refractivity contribution < 1.29 is 23.7 Å². The highest BCUT2D eigenvalue weighted by atomic mass is 127. The Morgan fingerprint density at radius 3 is 2.39 bits per heavy atom. The van der Waals surface area contributed by atoms with Crippen LogP contribution in [0.1, 0.15) is 29.7 Å². The number of methoxy groups -OCH3 is 2. The fraction of sp³-hybridized carbons (Fsp3) is 0.182. The van der Waals surface area contributed by atoms with Crippen LogP contribution in [0.25, 0.3) is 11.8 Å². The van der Waals surface area contributed by atoms with Crippen LogP contribution in [0.3, 0.4) is 0 Å². The third-order valence-corrected chi connectivity index (χ3v) is 9.35. The van der Waals surface area contributed by atoms with Crippen molar-refractivity contribution in [2.24, 2.45) is 4.99 Å². The molecule has 2 heterocycles. The Kier molecular flexibility index (Phi) is 10.3. The van der Waals surface area contributed by atoms with Crippen molar-refractivity contribution in [2.75, 3.05) is 27.4 Å². The Balaban J connectivity index is 1.79. The van der Waals surface area contributed by atoms with Gasteiger partial charge in [-0.1, -0.05) is 60.4 Å². The van der Waals surface area contributed by atoms with Gasteiger partial charge in [0.15, 0.2) is 16.3 Å². The van der Waals surface area contributed by atoms with Crippen molar-refractivity contribution in [3.63, 3.8) is 0 Å². The van der Waals surface area contributed by atoms with Crippen LogP contribution in [0, 0.1) is 7.14 Å². The predicted molar refractivity (Wildman–Crippen MR) is 188 cm³/mol. The number of halogens is 2. The van der Waals surface area contributed by atoms with E-state index < -0.39 is 12.0 Å². The second-order valence-electron chi connectivity index (χ2n) is 9.46. The first-order valence-electron chi connectivity index (χ1n) is 13.5. The molecule has 0 radical (unpaired) electrons. The molecule has 5 rings (SSSR count). The Morgan fingerprint density at radius 1 is 1.05 bits per heavy atom. The quantitative estimate of drug-likeness (QED) is 0.115. The lowest BCUT2D eigenvalue weighted by Gasteiger charge is -2.26. The van der Waals surface area contributed by atoms with E-state index in [1.54, 1.807) is 43.9 Å². The molecule has 0 amide bonds. The monoisotopic (exact) mass is 834 g/mol. The van der Waals surface area contributed by atoms with Crippen molar-refractivity contribution in [1.29, 1.82) is 0 Å². The third-order valence-electron chi connectivity index (χ3n) is 6.76. The summed E-state index contributed by atoms with van der Waals surface area (Å²) >= 11 is 5.72. The number of nitrogens with zero attached hydrogens (tertiary/aromatic N) is 2. The Hall–Kier alpha value is -3.43. The fourth-order valence-electron chi connectivity index (χ4n) is 4.87. The minimum Gasteiger partial charge on any atom is -0.493 e. The molecule has 11 heteroatoms. The molecular weight excluding hydrogens is 806 g/mol. The van der Waals surface area contributed by atoms with E-state index in [0.29, 0.717) is 38.7 Å². The fourth-order valence-corrected chi connectivity index (χ4v) is 8.00. The molecule has 4 aromatic rings. The minimum atomic E-state index is -0.836. The smallest absolute Gasteiger partial charge is 0.338 e. The minimum absolute atomic E-state index is 0.164. The van der Waals surface area contributed by atoms with Gasteiger partial charge < -0.3 is 18.9 Å². The maximum atomic E-state index is 14.2. The first kappa shape index (κ1) is 32.0. The molecule has 0 bridgehead atoms. The van der Waals surface area contributed by atoms with Crippen molar-refractivity contribution in [3.05, 3.63) is 122 Å². The van der Waals surface area contributed by atoms with E-state index in [2.05, 4.69) is 51.8 Å². The number of hydrogen-bond acceptors (Lipinski definition) is 8. The van der Waals surface area contributed by atoms with E-state index in [9.17, 15) is 9.59 Å². The molecule has 3 aromatic carbocycles. The first-order chi connectivity index (χ1) is 21.3. The van der Waals surface area contributed by atoms with Crippen LogP contribution in [0.4, 0.5) is 0 Å². The summed E-state index contributed by atoms with van der Waals surface area (Å²) in [6, 6.07) is 17.9. The predicted octanol–water partition coefficient (Wildman–Crippen LogP) is 5.73. The number of rotatable bonds is 10. The van der Waals surface area contributed by atoms with Gasteiger partial charge in [-0.05, 0) is 93.6 Å². The highest BCUT2D eigenvalue weighted by Gasteiger charge is 2.35. The van der Waals surface area contributed by atoms with Gasteiger partial charge in [0.2, 0.25) is 0 Å². The number of carbonyl (C=O) groups excluding carboxylic acids is 1. The van der Waals surface area contributed by atoms with Crippen molar-refractivity contribution in [1.82, 2.24) is 4.57 Å². The molecular formula is C33H28I2N2O6S. The maximum absolute atomic E-state index is 14.2. The Labute approximate surface area is 285 Å². The third kappa shape index (κ3) is 6.35. The molecule has 8 nitrogen and oxygen atoms in total. The van der Waals surface area contributed by atoms with Crippen LogP contribution in [0.5, 0.6) is 17.2 Å². The lowest BCUT2D eigenvalue weighted by atomic mass is 9.93. The van der Waals surface area contributed by atoms with Crippen molar-refractivity contribution in [2.45, 2.75) is 13.0 Å². The highest BCUT2D eigenvalue weighted by Crippen LogP contribution is 2.38. The molecule has 1 unspecified atom stereocenters.